The lowest BCUT2D eigenvalue weighted by molar-refractivity contribution is -0.168. The fourth-order valence-corrected chi connectivity index (χ4v) is 2.15. The van der Waals surface area contributed by atoms with Gasteiger partial charge in [0.1, 0.15) is 11.3 Å². The minimum atomic E-state index is -4.23. The van der Waals surface area contributed by atoms with Crippen LogP contribution in [0.5, 0.6) is 5.75 Å². The van der Waals surface area contributed by atoms with Crippen molar-refractivity contribution in [2.45, 2.75) is 43.9 Å². The molecule has 2 N–H and O–H groups in total. The van der Waals surface area contributed by atoms with Gasteiger partial charge in [-0.3, -0.25) is 5.32 Å². The number of halogens is 3. The Bertz CT molecular complexity index is 426. The fraction of sp³-hybridized carbons (Fsp3) is 0.538. The van der Waals surface area contributed by atoms with E-state index in [1.165, 1.54) is 6.07 Å². The van der Waals surface area contributed by atoms with Crippen molar-refractivity contribution in [2.75, 3.05) is 0 Å². The first-order chi connectivity index (χ1) is 8.39. The largest absolute Gasteiger partial charge is 0.508 e. The van der Waals surface area contributed by atoms with Gasteiger partial charge in [0.2, 0.25) is 0 Å². The van der Waals surface area contributed by atoms with Crippen LogP contribution in [0, 0.1) is 0 Å². The van der Waals surface area contributed by atoms with E-state index in [2.05, 4.69) is 5.32 Å². The minimum absolute atomic E-state index is 0.0369. The lowest BCUT2D eigenvalue weighted by Crippen LogP contribution is -2.46. The maximum absolute atomic E-state index is 12.9. The summed E-state index contributed by atoms with van der Waals surface area (Å²) in [5.74, 6) is 0.0369. The number of phenols is 1. The van der Waals surface area contributed by atoms with Gasteiger partial charge in [0.25, 0.3) is 0 Å². The number of nitrogens with one attached hydrogen (secondary N) is 1. The molecule has 2 nitrogen and oxygen atoms in total. The molecule has 0 bridgehead atoms. The summed E-state index contributed by atoms with van der Waals surface area (Å²) >= 11 is 0. The maximum Gasteiger partial charge on any atom is 0.406 e. The van der Waals surface area contributed by atoms with Crippen molar-refractivity contribution in [1.82, 2.24) is 5.32 Å². The van der Waals surface area contributed by atoms with Crippen molar-refractivity contribution >= 4 is 0 Å². The molecule has 0 spiro atoms. The summed E-state index contributed by atoms with van der Waals surface area (Å²) in [6.07, 6.45) is -3.51. The maximum atomic E-state index is 12.9. The van der Waals surface area contributed by atoms with Gasteiger partial charge in [-0.1, -0.05) is 25.1 Å². The topological polar surface area (TPSA) is 32.3 Å². The van der Waals surface area contributed by atoms with Crippen molar-refractivity contribution in [1.29, 1.82) is 0 Å². The Morgan fingerprint density at radius 3 is 2.39 bits per heavy atom. The Kier molecular flexibility index (Phi) is 3.27. The van der Waals surface area contributed by atoms with E-state index in [1.807, 2.05) is 0 Å². The van der Waals surface area contributed by atoms with Gasteiger partial charge in [0.15, 0.2) is 0 Å². The second kappa shape index (κ2) is 4.46. The summed E-state index contributed by atoms with van der Waals surface area (Å²) < 4.78 is 38.7. The zero-order valence-electron chi connectivity index (χ0n) is 10.1. The standard InChI is InChI=1S/C13H16F3NO/c1-2-10(9-5-3-4-6-11(9)18)17-12(7-8-12)13(14,15)16/h3-6,10,17-18H,2,7-8H2,1H3. The van der Waals surface area contributed by atoms with Crippen LogP contribution in [0.3, 0.4) is 0 Å². The Morgan fingerprint density at radius 2 is 1.94 bits per heavy atom. The Balaban J connectivity index is 2.19. The molecule has 0 aliphatic heterocycles. The molecule has 1 unspecified atom stereocenters. The van der Waals surface area contributed by atoms with Crippen LogP contribution in [-0.4, -0.2) is 16.8 Å². The molecule has 0 aromatic heterocycles. The van der Waals surface area contributed by atoms with Crippen LogP contribution in [0.4, 0.5) is 13.2 Å². The van der Waals surface area contributed by atoms with Crippen LogP contribution in [0.25, 0.3) is 0 Å². The number of hydrogen-bond acceptors (Lipinski definition) is 2. The van der Waals surface area contributed by atoms with Crippen LogP contribution >= 0.6 is 0 Å². The minimum Gasteiger partial charge on any atom is -0.508 e. The van der Waals surface area contributed by atoms with E-state index in [0.29, 0.717) is 12.0 Å². The van der Waals surface area contributed by atoms with E-state index in [9.17, 15) is 18.3 Å². The van der Waals surface area contributed by atoms with Crippen LogP contribution < -0.4 is 5.32 Å². The van der Waals surface area contributed by atoms with E-state index in [1.54, 1.807) is 25.1 Å². The zero-order chi connectivity index (χ0) is 13.4. The zero-order valence-corrected chi connectivity index (χ0v) is 10.1. The predicted octanol–water partition coefficient (Wildman–Crippen LogP) is 3.53. The molecule has 1 aliphatic rings. The molecule has 0 saturated heterocycles. The van der Waals surface area contributed by atoms with E-state index >= 15 is 0 Å². The van der Waals surface area contributed by atoms with Crippen LogP contribution in [-0.2, 0) is 0 Å². The van der Waals surface area contributed by atoms with E-state index in [-0.39, 0.29) is 18.6 Å². The third-order valence-electron chi connectivity index (χ3n) is 3.46. The van der Waals surface area contributed by atoms with Gasteiger partial charge in [0.05, 0.1) is 0 Å². The summed E-state index contributed by atoms with van der Waals surface area (Å²) in [6, 6.07) is 6.04. The molecule has 1 fully saturated rings. The predicted molar refractivity (Wildman–Crippen MR) is 62.3 cm³/mol. The number of rotatable bonds is 4. The molecular weight excluding hydrogens is 243 g/mol. The summed E-state index contributed by atoms with van der Waals surface area (Å²) in [7, 11) is 0. The molecule has 1 saturated carbocycles. The Hall–Kier alpha value is -1.23. The lowest BCUT2D eigenvalue weighted by Gasteiger charge is -2.27. The smallest absolute Gasteiger partial charge is 0.406 e. The molecule has 1 aromatic rings. The van der Waals surface area contributed by atoms with Gasteiger partial charge >= 0.3 is 6.18 Å². The second-order valence-corrected chi connectivity index (χ2v) is 4.74. The van der Waals surface area contributed by atoms with Crippen molar-refractivity contribution in [3.8, 4) is 5.75 Å². The molecule has 0 heterocycles. The molecule has 2 rings (SSSR count). The first-order valence-electron chi connectivity index (χ1n) is 6.02. The number of benzene rings is 1. The average molecular weight is 259 g/mol. The van der Waals surface area contributed by atoms with Gasteiger partial charge in [0, 0.05) is 11.6 Å². The molecular formula is C13H16F3NO. The highest BCUT2D eigenvalue weighted by Crippen LogP contribution is 2.50. The van der Waals surface area contributed by atoms with E-state index in [0.717, 1.165) is 0 Å². The molecule has 5 heteroatoms. The normalized spacial score (nSPS) is 19.6. The number of phenolic OH excluding ortho intramolecular Hbond substituents is 1. The summed E-state index contributed by atoms with van der Waals surface area (Å²) in [5.41, 5.74) is -1.23. The molecule has 100 valence electrons. The third-order valence-corrected chi connectivity index (χ3v) is 3.46. The summed E-state index contributed by atoms with van der Waals surface area (Å²) in [6.45, 7) is 1.80. The molecule has 18 heavy (non-hydrogen) atoms. The van der Waals surface area contributed by atoms with Crippen molar-refractivity contribution < 1.29 is 18.3 Å². The number of aromatic hydroxyl groups is 1. The molecule has 0 radical (unpaired) electrons. The highest BCUT2D eigenvalue weighted by Gasteiger charge is 2.63. The van der Waals surface area contributed by atoms with Crippen molar-refractivity contribution in [3.05, 3.63) is 29.8 Å². The van der Waals surface area contributed by atoms with E-state index < -0.39 is 17.8 Å². The third kappa shape index (κ3) is 2.32. The van der Waals surface area contributed by atoms with Gasteiger partial charge < -0.3 is 5.11 Å². The number of hydrogen-bond donors (Lipinski definition) is 2. The van der Waals surface area contributed by atoms with Crippen LogP contribution in [0.15, 0.2) is 24.3 Å². The van der Waals surface area contributed by atoms with Crippen molar-refractivity contribution in [3.63, 3.8) is 0 Å². The van der Waals surface area contributed by atoms with E-state index in [4.69, 9.17) is 0 Å². The second-order valence-electron chi connectivity index (χ2n) is 4.74. The molecule has 1 aliphatic carbocycles. The van der Waals surface area contributed by atoms with Crippen LogP contribution in [0.1, 0.15) is 37.8 Å². The Morgan fingerprint density at radius 1 is 1.33 bits per heavy atom. The van der Waals surface area contributed by atoms with Crippen molar-refractivity contribution in [2.24, 2.45) is 0 Å². The molecule has 1 aromatic carbocycles. The number of alkyl halides is 3. The van der Waals surface area contributed by atoms with Gasteiger partial charge in [-0.05, 0) is 25.3 Å². The molecule has 1 atom stereocenters. The van der Waals surface area contributed by atoms with Gasteiger partial charge in [-0.15, -0.1) is 0 Å². The SMILES string of the molecule is CCC(NC1(C(F)(F)F)CC1)c1ccccc1O. The number of para-hydroxylation sites is 1. The lowest BCUT2D eigenvalue weighted by atomic mass is 10.0. The summed E-state index contributed by atoms with van der Waals surface area (Å²) in [4.78, 5) is 0. The van der Waals surface area contributed by atoms with Gasteiger partial charge in [-0.25, -0.2) is 0 Å². The van der Waals surface area contributed by atoms with Gasteiger partial charge in [-0.2, -0.15) is 13.2 Å². The monoisotopic (exact) mass is 259 g/mol. The fourth-order valence-electron chi connectivity index (χ4n) is 2.15. The highest BCUT2D eigenvalue weighted by atomic mass is 19.4. The first kappa shape index (κ1) is 13.2. The van der Waals surface area contributed by atoms with Crippen LogP contribution in [0.2, 0.25) is 0 Å². The Labute approximate surface area is 104 Å². The summed E-state index contributed by atoms with van der Waals surface area (Å²) in [5, 5.41) is 12.4. The highest BCUT2D eigenvalue weighted by molar-refractivity contribution is 5.35. The average Bonchev–Trinajstić information content (AvgIpc) is 3.07. The first-order valence-corrected chi connectivity index (χ1v) is 6.02. The quantitative estimate of drug-likeness (QED) is 0.867. The molecule has 0 amide bonds.